The van der Waals surface area contributed by atoms with E-state index in [-0.39, 0.29) is 12.0 Å². The number of hydrogen-bond acceptors (Lipinski definition) is 5. The first-order valence-electron chi connectivity index (χ1n) is 8.34. The Morgan fingerprint density at radius 3 is 2.33 bits per heavy atom. The van der Waals surface area contributed by atoms with Crippen LogP contribution in [0.15, 0.2) is 12.3 Å². The predicted molar refractivity (Wildman–Crippen MR) is 91.6 cm³/mol. The lowest BCUT2D eigenvalue weighted by Gasteiger charge is -2.32. The van der Waals surface area contributed by atoms with Gasteiger partial charge in [0.15, 0.2) is 0 Å². The summed E-state index contributed by atoms with van der Waals surface area (Å²) in [5, 5.41) is 0. The molecule has 1 saturated carbocycles. The molecule has 0 radical (unpaired) electrons. The van der Waals surface area contributed by atoms with Gasteiger partial charge in [0.05, 0.1) is 34.7 Å². The van der Waals surface area contributed by atoms with Gasteiger partial charge < -0.3 is 18.9 Å². The number of pyridine rings is 1. The highest BCUT2D eigenvalue weighted by Gasteiger charge is 2.53. The molecule has 1 amide bonds. The van der Waals surface area contributed by atoms with Gasteiger partial charge in [0.1, 0.15) is 5.75 Å². The van der Waals surface area contributed by atoms with Crippen molar-refractivity contribution in [3.05, 3.63) is 17.8 Å². The second kappa shape index (κ2) is 5.74. The van der Waals surface area contributed by atoms with Crippen molar-refractivity contribution >= 4 is 18.6 Å². The third kappa shape index (κ3) is 3.15. The monoisotopic (exact) mass is 332 g/mol. The molecule has 6 nitrogen and oxygen atoms in total. The second-order valence-corrected chi connectivity index (χ2v) is 7.71. The number of carbonyl (C=O) groups is 1. The summed E-state index contributed by atoms with van der Waals surface area (Å²) < 4.78 is 17.9. The summed E-state index contributed by atoms with van der Waals surface area (Å²) in [5.74, 6) is 0.469. The summed E-state index contributed by atoms with van der Waals surface area (Å²) >= 11 is 0. The zero-order valence-corrected chi connectivity index (χ0v) is 15.3. The quantitative estimate of drug-likeness (QED) is 0.784. The molecule has 1 aromatic rings. The van der Waals surface area contributed by atoms with Crippen LogP contribution in [0.5, 0.6) is 5.75 Å². The molecule has 0 atom stereocenters. The maximum absolute atomic E-state index is 12.6. The molecule has 1 aliphatic carbocycles. The summed E-state index contributed by atoms with van der Waals surface area (Å²) in [6, 6.07) is 1.74. The Morgan fingerprint density at radius 2 is 1.83 bits per heavy atom. The van der Waals surface area contributed by atoms with Crippen LogP contribution in [-0.4, -0.2) is 54.3 Å². The van der Waals surface area contributed by atoms with Gasteiger partial charge in [-0.25, -0.2) is 0 Å². The van der Waals surface area contributed by atoms with Gasteiger partial charge in [-0.3, -0.25) is 9.78 Å². The molecule has 2 aliphatic rings. The van der Waals surface area contributed by atoms with Crippen LogP contribution in [0.25, 0.3) is 0 Å². The van der Waals surface area contributed by atoms with E-state index in [9.17, 15) is 4.79 Å². The molecule has 1 saturated heterocycles. The minimum absolute atomic E-state index is 0.145. The van der Waals surface area contributed by atoms with E-state index in [2.05, 4.69) is 4.98 Å². The van der Waals surface area contributed by atoms with E-state index in [1.807, 2.05) is 27.7 Å². The normalized spacial score (nSPS) is 21.7. The zero-order chi connectivity index (χ0) is 17.7. The molecule has 0 aromatic carbocycles. The minimum Gasteiger partial charge on any atom is -0.489 e. The van der Waals surface area contributed by atoms with Crippen molar-refractivity contribution in [2.24, 2.45) is 0 Å². The molecule has 0 N–H and O–H groups in total. The molecule has 130 valence electrons. The number of ether oxygens (including phenoxy) is 1. The van der Waals surface area contributed by atoms with E-state index in [1.54, 1.807) is 26.4 Å². The Bertz CT molecular complexity index is 640. The maximum Gasteiger partial charge on any atom is 0.515 e. The van der Waals surface area contributed by atoms with Gasteiger partial charge in [0.25, 0.3) is 5.91 Å². The molecule has 7 heteroatoms. The van der Waals surface area contributed by atoms with E-state index >= 15 is 0 Å². The van der Waals surface area contributed by atoms with Crippen LogP contribution in [0.3, 0.4) is 0 Å². The third-order valence-electron chi connectivity index (χ3n) is 4.83. The molecule has 1 aromatic heterocycles. The van der Waals surface area contributed by atoms with E-state index in [1.165, 1.54) is 4.90 Å². The Hall–Kier alpha value is -1.60. The summed E-state index contributed by atoms with van der Waals surface area (Å²) in [6.45, 7) is 7.91. The van der Waals surface area contributed by atoms with Crippen LogP contribution in [0.4, 0.5) is 0 Å². The number of hydrogen-bond donors (Lipinski definition) is 0. The topological polar surface area (TPSA) is 60.9 Å². The van der Waals surface area contributed by atoms with Crippen LogP contribution in [-0.2, 0) is 9.31 Å². The Kier molecular flexibility index (Phi) is 4.12. The van der Waals surface area contributed by atoms with Crippen molar-refractivity contribution in [3.8, 4) is 5.75 Å². The van der Waals surface area contributed by atoms with Gasteiger partial charge in [-0.1, -0.05) is 0 Å². The first-order valence-corrected chi connectivity index (χ1v) is 8.34. The average molecular weight is 332 g/mol. The number of rotatable bonds is 4. The van der Waals surface area contributed by atoms with E-state index in [0.29, 0.717) is 16.9 Å². The molecule has 3 rings (SSSR count). The van der Waals surface area contributed by atoms with E-state index in [4.69, 9.17) is 14.0 Å². The lowest BCUT2D eigenvalue weighted by molar-refractivity contribution is 0.00578. The van der Waals surface area contributed by atoms with Crippen molar-refractivity contribution in [1.82, 2.24) is 9.88 Å². The molecule has 24 heavy (non-hydrogen) atoms. The van der Waals surface area contributed by atoms with E-state index < -0.39 is 18.3 Å². The molecular formula is C17H25BN2O4. The Labute approximate surface area is 143 Å². The Morgan fingerprint density at radius 1 is 1.25 bits per heavy atom. The number of nitrogens with zero attached hydrogens (tertiary/aromatic N) is 2. The smallest absolute Gasteiger partial charge is 0.489 e. The highest BCUT2D eigenvalue weighted by Crippen LogP contribution is 2.36. The summed E-state index contributed by atoms with van der Waals surface area (Å²) in [4.78, 5) is 18.6. The van der Waals surface area contributed by atoms with Gasteiger partial charge in [-0.2, -0.15) is 0 Å². The lowest BCUT2D eigenvalue weighted by Crippen LogP contribution is -2.42. The van der Waals surface area contributed by atoms with Crippen molar-refractivity contribution < 1.29 is 18.8 Å². The summed E-state index contributed by atoms with van der Waals surface area (Å²) in [7, 11) is 2.75. The standard InChI is InChI=1S/C17H25BN2O4/c1-16(2)17(3,4)24-18(23-16)14-13(15(21)20(5)6)9-12(10-19-14)22-11-7-8-11/h9-11H,7-8H2,1-6H3. The first-order chi connectivity index (χ1) is 11.1. The molecule has 2 fully saturated rings. The summed E-state index contributed by atoms with van der Waals surface area (Å²) in [5.41, 5.74) is -0.0192. The maximum atomic E-state index is 12.6. The van der Waals surface area contributed by atoms with Crippen LogP contribution < -0.4 is 10.3 Å². The molecule has 0 bridgehead atoms. The van der Waals surface area contributed by atoms with Crippen LogP contribution >= 0.6 is 0 Å². The molecule has 0 unspecified atom stereocenters. The number of amides is 1. The number of carbonyl (C=O) groups excluding carboxylic acids is 1. The molecule has 1 aliphatic heterocycles. The van der Waals surface area contributed by atoms with Gasteiger partial charge in [0, 0.05) is 14.1 Å². The second-order valence-electron chi connectivity index (χ2n) is 7.71. The average Bonchev–Trinajstić information content (AvgIpc) is 3.25. The van der Waals surface area contributed by atoms with E-state index in [0.717, 1.165) is 12.8 Å². The summed E-state index contributed by atoms with van der Waals surface area (Å²) in [6.07, 6.45) is 3.99. The first kappa shape index (κ1) is 17.2. The van der Waals surface area contributed by atoms with Gasteiger partial charge in [0.2, 0.25) is 0 Å². The van der Waals surface area contributed by atoms with Gasteiger partial charge >= 0.3 is 7.12 Å². The SMILES string of the molecule is CN(C)C(=O)c1cc(OC2CC2)cnc1B1OC(C)(C)C(C)(C)O1. The highest BCUT2D eigenvalue weighted by atomic mass is 16.7. The van der Waals surface area contributed by atoms with Crippen molar-refractivity contribution in [2.45, 2.75) is 57.8 Å². The number of aromatic nitrogens is 1. The zero-order valence-electron chi connectivity index (χ0n) is 15.3. The fraction of sp³-hybridized carbons (Fsp3) is 0.647. The highest BCUT2D eigenvalue weighted by molar-refractivity contribution is 6.62. The van der Waals surface area contributed by atoms with Gasteiger partial charge in [-0.15, -0.1) is 0 Å². The van der Waals surface area contributed by atoms with Crippen molar-refractivity contribution in [2.75, 3.05) is 14.1 Å². The molecule has 2 heterocycles. The largest absolute Gasteiger partial charge is 0.515 e. The Balaban J connectivity index is 1.96. The molecule has 0 spiro atoms. The third-order valence-corrected chi connectivity index (χ3v) is 4.83. The van der Waals surface area contributed by atoms with Crippen molar-refractivity contribution in [1.29, 1.82) is 0 Å². The van der Waals surface area contributed by atoms with Crippen LogP contribution in [0.1, 0.15) is 50.9 Å². The fourth-order valence-corrected chi connectivity index (χ4v) is 2.45. The molecular weight excluding hydrogens is 307 g/mol. The van der Waals surface area contributed by atoms with Crippen molar-refractivity contribution in [3.63, 3.8) is 0 Å². The predicted octanol–water partition coefficient (Wildman–Crippen LogP) is 1.62. The van der Waals surface area contributed by atoms with Crippen LogP contribution in [0, 0.1) is 0 Å². The fourth-order valence-electron chi connectivity index (χ4n) is 2.45. The van der Waals surface area contributed by atoms with Crippen LogP contribution in [0.2, 0.25) is 0 Å². The van der Waals surface area contributed by atoms with Gasteiger partial charge in [-0.05, 0) is 46.6 Å². The lowest BCUT2D eigenvalue weighted by atomic mass is 9.80. The minimum atomic E-state index is -0.677.